The van der Waals surface area contributed by atoms with Crippen molar-refractivity contribution in [1.29, 1.82) is 0 Å². The highest BCUT2D eigenvalue weighted by molar-refractivity contribution is 7.85. The van der Waals surface area contributed by atoms with E-state index in [9.17, 15) is 17.8 Å². The van der Waals surface area contributed by atoms with Crippen LogP contribution in [0.15, 0.2) is 108 Å². The molecule has 194 valence electrons. The summed E-state index contributed by atoms with van der Waals surface area (Å²) in [6.45, 7) is 0.331. The number of amides is 1. The van der Waals surface area contributed by atoms with Crippen LogP contribution in [0.4, 0.5) is 17.1 Å². The van der Waals surface area contributed by atoms with Gasteiger partial charge in [0.05, 0.1) is 28.4 Å². The lowest BCUT2D eigenvalue weighted by molar-refractivity contribution is -0.114. The topological polar surface area (TPSA) is 93.5 Å². The van der Waals surface area contributed by atoms with Crippen LogP contribution < -0.4 is 14.8 Å². The van der Waals surface area contributed by atoms with Crippen LogP contribution in [0.1, 0.15) is 12.0 Å². The Kier molecular flexibility index (Phi) is 7.07. The van der Waals surface area contributed by atoms with Gasteiger partial charge in [-0.25, -0.2) is 0 Å². The number of carbonyl (C=O) groups excluding carboxylic acids is 1. The van der Waals surface area contributed by atoms with Crippen molar-refractivity contribution in [2.45, 2.75) is 6.42 Å². The molecule has 0 saturated carbocycles. The molecule has 8 nitrogen and oxygen atoms in total. The van der Waals surface area contributed by atoms with E-state index in [2.05, 4.69) is 5.10 Å². The molecular weight excluding hydrogens is 524 g/mol. The minimum Gasteiger partial charge on any atom is -0.329 e. The normalized spacial score (nSPS) is 17.5. The SMILES string of the molecule is CN1/C(=C\C=C2/C(=O)N(c3ccccc3)N=C2c2ccccc2)N(CCCS(=O)(=O)O)c2ccc(Cl)cc21. The Morgan fingerprint density at radius 1 is 0.947 bits per heavy atom. The number of hydrogen-bond donors (Lipinski definition) is 1. The second kappa shape index (κ2) is 10.4. The van der Waals surface area contributed by atoms with Crippen molar-refractivity contribution in [2.24, 2.45) is 5.10 Å². The minimum atomic E-state index is -4.09. The van der Waals surface area contributed by atoms with Gasteiger partial charge in [0.2, 0.25) is 0 Å². The molecule has 10 heteroatoms. The van der Waals surface area contributed by atoms with Crippen LogP contribution in [-0.4, -0.2) is 43.9 Å². The Balaban J connectivity index is 1.55. The summed E-state index contributed by atoms with van der Waals surface area (Å²) in [5.41, 5.74) is 4.13. The van der Waals surface area contributed by atoms with Crippen LogP contribution in [0.5, 0.6) is 0 Å². The number of anilines is 3. The van der Waals surface area contributed by atoms with Crippen molar-refractivity contribution in [3.05, 3.63) is 113 Å². The van der Waals surface area contributed by atoms with Crippen molar-refractivity contribution in [2.75, 3.05) is 34.2 Å². The van der Waals surface area contributed by atoms with Crippen LogP contribution in [0.3, 0.4) is 0 Å². The van der Waals surface area contributed by atoms with Gasteiger partial charge in [0.1, 0.15) is 11.5 Å². The van der Waals surface area contributed by atoms with Gasteiger partial charge in [-0.05, 0) is 48.9 Å². The number of rotatable bonds is 7. The quantitative estimate of drug-likeness (QED) is 0.326. The molecule has 2 aliphatic heterocycles. The van der Waals surface area contributed by atoms with Crippen LogP contribution in [-0.2, 0) is 14.9 Å². The first kappa shape index (κ1) is 25.7. The van der Waals surface area contributed by atoms with E-state index in [1.54, 1.807) is 12.1 Å². The molecular formula is C28H25ClN4O4S. The lowest BCUT2D eigenvalue weighted by Crippen LogP contribution is -2.28. The smallest absolute Gasteiger partial charge is 0.281 e. The maximum Gasteiger partial charge on any atom is 0.281 e. The fourth-order valence-corrected chi connectivity index (χ4v) is 5.20. The van der Waals surface area contributed by atoms with E-state index in [-0.39, 0.29) is 18.1 Å². The van der Waals surface area contributed by atoms with E-state index in [4.69, 9.17) is 11.6 Å². The van der Waals surface area contributed by atoms with Crippen LogP contribution in [0.2, 0.25) is 5.02 Å². The molecule has 1 N–H and O–H groups in total. The molecule has 0 radical (unpaired) electrons. The third-order valence-electron chi connectivity index (χ3n) is 6.32. The zero-order valence-electron chi connectivity index (χ0n) is 20.5. The van der Waals surface area contributed by atoms with Crippen molar-refractivity contribution in [3.8, 4) is 0 Å². The molecule has 1 amide bonds. The highest BCUT2D eigenvalue weighted by Gasteiger charge is 2.33. The zero-order valence-corrected chi connectivity index (χ0v) is 22.1. The first-order valence-corrected chi connectivity index (χ1v) is 13.9. The van der Waals surface area contributed by atoms with E-state index >= 15 is 0 Å². The summed E-state index contributed by atoms with van der Waals surface area (Å²) < 4.78 is 31.9. The summed E-state index contributed by atoms with van der Waals surface area (Å²) in [5, 5.41) is 6.62. The average molecular weight is 549 g/mol. The molecule has 0 aromatic heterocycles. The summed E-state index contributed by atoms with van der Waals surface area (Å²) in [7, 11) is -2.22. The van der Waals surface area contributed by atoms with Crippen LogP contribution in [0, 0.1) is 0 Å². The molecule has 2 aliphatic rings. The van der Waals surface area contributed by atoms with E-state index in [0.29, 0.717) is 28.5 Å². The third-order valence-corrected chi connectivity index (χ3v) is 7.36. The average Bonchev–Trinajstić information content (AvgIpc) is 3.36. The molecule has 3 aromatic rings. The summed E-state index contributed by atoms with van der Waals surface area (Å²) in [6, 6.07) is 24.2. The number of benzene rings is 3. The third kappa shape index (κ3) is 5.22. The molecule has 38 heavy (non-hydrogen) atoms. The monoisotopic (exact) mass is 548 g/mol. The van der Waals surface area contributed by atoms with Gasteiger partial charge < -0.3 is 9.80 Å². The summed E-state index contributed by atoms with van der Waals surface area (Å²) >= 11 is 6.25. The fraction of sp³-hybridized carbons (Fsp3) is 0.143. The maximum absolute atomic E-state index is 13.6. The van der Waals surface area contributed by atoms with Crippen molar-refractivity contribution >= 4 is 50.4 Å². The molecule has 0 bridgehead atoms. The largest absolute Gasteiger partial charge is 0.329 e. The molecule has 0 spiro atoms. The number of hydrazone groups is 1. The van der Waals surface area contributed by atoms with Gasteiger partial charge in [-0.3, -0.25) is 9.35 Å². The standard InChI is InChI=1S/C28H25ClN4O4S/c1-31-25-19-21(29)13-15-24(25)32(17-8-18-38(35,36)37)26(31)16-14-23-27(20-9-4-2-5-10-20)30-33(28(23)34)22-11-6-3-7-12-22/h2-7,9-16,19H,8,17-18H2,1H3,(H,35,36,37)/b23-14-,26-16+. The molecule has 0 unspecified atom stereocenters. The Labute approximate surface area is 226 Å². The predicted octanol–water partition coefficient (Wildman–Crippen LogP) is 5.09. The zero-order chi connectivity index (χ0) is 26.9. The van der Waals surface area contributed by atoms with E-state index in [0.717, 1.165) is 22.8 Å². The number of carbonyl (C=O) groups is 1. The molecule has 3 aromatic carbocycles. The van der Waals surface area contributed by atoms with Gasteiger partial charge in [0, 0.05) is 24.2 Å². The Hall–Kier alpha value is -3.92. The number of halogens is 1. The lowest BCUT2D eigenvalue weighted by atomic mass is 10.0. The van der Waals surface area contributed by atoms with Gasteiger partial charge >= 0.3 is 0 Å². The molecule has 2 heterocycles. The Morgan fingerprint density at radius 3 is 2.32 bits per heavy atom. The first-order chi connectivity index (χ1) is 18.2. The minimum absolute atomic E-state index is 0.208. The van der Waals surface area contributed by atoms with Crippen LogP contribution >= 0.6 is 11.6 Å². The molecule has 0 aliphatic carbocycles. The Morgan fingerprint density at radius 2 is 1.63 bits per heavy atom. The van der Waals surface area contributed by atoms with E-state index < -0.39 is 10.1 Å². The van der Waals surface area contributed by atoms with E-state index in [1.165, 1.54) is 5.01 Å². The highest BCUT2D eigenvalue weighted by Crippen LogP contribution is 2.42. The van der Waals surface area contributed by atoms with Crippen molar-refractivity contribution in [1.82, 2.24) is 0 Å². The second-order valence-electron chi connectivity index (χ2n) is 8.86. The fourth-order valence-electron chi connectivity index (χ4n) is 4.54. The van der Waals surface area contributed by atoms with Gasteiger partial charge in [-0.2, -0.15) is 18.5 Å². The molecule has 0 saturated heterocycles. The van der Waals surface area contributed by atoms with Gasteiger partial charge in [-0.1, -0.05) is 60.1 Å². The molecule has 0 atom stereocenters. The van der Waals surface area contributed by atoms with Crippen LogP contribution in [0.25, 0.3) is 0 Å². The highest BCUT2D eigenvalue weighted by atomic mass is 35.5. The second-order valence-corrected chi connectivity index (χ2v) is 10.9. The van der Waals surface area contributed by atoms with E-state index in [1.807, 2.05) is 95.7 Å². The molecule has 5 rings (SSSR count). The number of hydrogen-bond acceptors (Lipinski definition) is 6. The maximum atomic E-state index is 13.6. The van der Waals surface area contributed by atoms with Gasteiger partial charge in [0.15, 0.2) is 0 Å². The summed E-state index contributed by atoms with van der Waals surface area (Å²) in [6.07, 6.45) is 3.77. The number of nitrogens with zero attached hydrogens (tertiary/aromatic N) is 4. The Bertz CT molecular complexity index is 1570. The summed E-state index contributed by atoms with van der Waals surface area (Å²) in [5.74, 6) is 0.106. The van der Waals surface area contributed by atoms with Crippen molar-refractivity contribution < 1.29 is 17.8 Å². The summed E-state index contributed by atoms with van der Waals surface area (Å²) in [4.78, 5) is 17.5. The molecule has 0 fully saturated rings. The number of allylic oxidation sites excluding steroid dienone is 2. The predicted molar refractivity (Wildman–Crippen MR) is 151 cm³/mol. The first-order valence-electron chi connectivity index (χ1n) is 11.9. The van der Waals surface area contributed by atoms with Crippen molar-refractivity contribution in [3.63, 3.8) is 0 Å². The lowest BCUT2D eigenvalue weighted by Gasteiger charge is -2.22. The van der Waals surface area contributed by atoms with Gasteiger partial charge in [0.25, 0.3) is 16.0 Å². The number of fused-ring (bicyclic) bond motifs is 1. The van der Waals surface area contributed by atoms with Gasteiger partial charge in [-0.15, -0.1) is 0 Å². The number of para-hydroxylation sites is 1.